The van der Waals surface area contributed by atoms with E-state index >= 15 is 0 Å². The maximum Gasteiger partial charge on any atom is 0.228 e. The summed E-state index contributed by atoms with van der Waals surface area (Å²) in [6.07, 6.45) is 0.217. The Bertz CT molecular complexity index is 911. The molecule has 3 nitrogen and oxygen atoms in total. The first-order valence-electron chi connectivity index (χ1n) is 7.37. The van der Waals surface area contributed by atoms with Gasteiger partial charge in [-0.2, -0.15) is 0 Å². The minimum absolute atomic E-state index is 0.119. The molecule has 0 aliphatic rings. The molecule has 3 aromatic rings. The molecule has 0 atom stereocenters. The van der Waals surface area contributed by atoms with E-state index in [2.05, 4.69) is 21.2 Å². The van der Waals surface area contributed by atoms with Crippen LogP contribution in [0.4, 0.5) is 5.69 Å². The monoisotopic (exact) mass is 403 g/mol. The average molecular weight is 405 g/mol. The molecule has 0 bridgehead atoms. The molecule has 1 amide bonds. The Morgan fingerprint density at radius 3 is 2.75 bits per heavy atom. The lowest BCUT2D eigenvalue weighted by Gasteiger charge is -2.13. The van der Waals surface area contributed by atoms with Gasteiger partial charge in [-0.15, -0.1) is 0 Å². The van der Waals surface area contributed by atoms with Crippen LogP contribution in [0.1, 0.15) is 5.56 Å². The fourth-order valence-electron chi connectivity index (χ4n) is 2.65. The molecular weight excluding hydrogens is 390 g/mol. The largest absolute Gasteiger partial charge is 0.496 e. The number of rotatable bonds is 4. The van der Waals surface area contributed by atoms with Gasteiger partial charge in [-0.3, -0.25) is 4.79 Å². The minimum atomic E-state index is -0.119. The molecule has 3 rings (SSSR count). The van der Waals surface area contributed by atoms with E-state index in [1.165, 1.54) is 0 Å². The molecule has 0 saturated carbocycles. The van der Waals surface area contributed by atoms with Crippen molar-refractivity contribution in [2.45, 2.75) is 6.42 Å². The standard InChI is InChI=1S/C19H15BrClNO2/c1-24-18-8-5-12-9-13(20)6-7-16(12)17(18)11-19(23)22-15-4-2-3-14(21)10-15/h2-10H,11H2,1H3,(H,22,23). The number of anilines is 1. The van der Waals surface area contributed by atoms with Crippen LogP contribution in [0.25, 0.3) is 10.8 Å². The van der Waals surface area contributed by atoms with E-state index in [1.54, 1.807) is 31.4 Å². The van der Waals surface area contributed by atoms with Gasteiger partial charge in [0.15, 0.2) is 0 Å². The van der Waals surface area contributed by atoms with E-state index in [0.29, 0.717) is 16.5 Å². The first kappa shape index (κ1) is 16.8. The third kappa shape index (κ3) is 3.71. The Balaban J connectivity index is 1.92. The van der Waals surface area contributed by atoms with E-state index < -0.39 is 0 Å². The molecule has 0 unspecified atom stereocenters. The number of fused-ring (bicyclic) bond motifs is 1. The van der Waals surface area contributed by atoms with Gasteiger partial charge in [0.1, 0.15) is 5.75 Å². The van der Waals surface area contributed by atoms with Gasteiger partial charge >= 0.3 is 0 Å². The third-order valence-corrected chi connectivity index (χ3v) is 4.44. The van der Waals surface area contributed by atoms with E-state index in [-0.39, 0.29) is 12.3 Å². The summed E-state index contributed by atoms with van der Waals surface area (Å²) in [6.45, 7) is 0. The molecule has 24 heavy (non-hydrogen) atoms. The van der Waals surface area contributed by atoms with Crippen molar-refractivity contribution in [2.24, 2.45) is 0 Å². The van der Waals surface area contributed by atoms with Crippen LogP contribution in [0.3, 0.4) is 0 Å². The number of amides is 1. The Kier molecular flexibility index (Phi) is 5.07. The van der Waals surface area contributed by atoms with E-state index in [9.17, 15) is 4.79 Å². The van der Waals surface area contributed by atoms with E-state index in [0.717, 1.165) is 20.8 Å². The number of carbonyl (C=O) groups is 1. The van der Waals surface area contributed by atoms with Crippen molar-refractivity contribution in [1.82, 2.24) is 0 Å². The summed E-state index contributed by atoms with van der Waals surface area (Å²) in [5.74, 6) is 0.581. The predicted octanol–water partition coefficient (Wildman–Crippen LogP) is 5.45. The molecular formula is C19H15BrClNO2. The van der Waals surface area contributed by atoms with Crippen molar-refractivity contribution in [3.05, 3.63) is 69.7 Å². The fourth-order valence-corrected chi connectivity index (χ4v) is 3.22. The van der Waals surface area contributed by atoms with Gasteiger partial charge in [0.2, 0.25) is 5.91 Å². The third-order valence-electron chi connectivity index (χ3n) is 3.72. The topological polar surface area (TPSA) is 38.3 Å². The maximum absolute atomic E-state index is 12.5. The number of carbonyl (C=O) groups excluding carboxylic acids is 1. The molecule has 0 aliphatic heterocycles. The van der Waals surface area contributed by atoms with Crippen molar-refractivity contribution in [3.63, 3.8) is 0 Å². The number of halogens is 2. The van der Waals surface area contributed by atoms with Crippen LogP contribution in [0.5, 0.6) is 5.75 Å². The molecule has 0 spiro atoms. The summed E-state index contributed by atoms with van der Waals surface area (Å²) in [7, 11) is 1.61. The molecule has 0 aliphatic carbocycles. The average Bonchev–Trinajstić information content (AvgIpc) is 2.54. The van der Waals surface area contributed by atoms with Crippen molar-refractivity contribution in [1.29, 1.82) is 0 Å². The van der Waals surface area contributed by atoms with Gasteiger partial charge in [-0.25, -0.2) is 0 Å². The Labute approximate surface area is 153 Å². The van der Waals surface area contributed by atoms with Gasteiger partial charge in [-0.05, 0) is 47.2 Å². The molecule has 122 valence electrons. The maximum atomic E-state index is 12.5. The normalized spacial score (nSPS) is 10.6. The van der Waals surface area contributed by atoms with Gasteiger partial charge in [0.05, 0.1) is 13.5 Å². The van der Waals surface area contributed by atoms with Crippen LogP contribution in [0.15, 0.2) is 59.1 Å². The van der Waals surface area contributed by atoms with Crippen LogP contribution in [-0.4, -0.2) is 13.0 Å². The second-order valence-corrected chi connectivity index (χ2v) is 6.70. The van der Waals surface area contributed by atoms with E-state index in [1.807, 2.05) is 30.3 Å². The highest BCUT2D eigenvalue weighted by Crippen LogP contribution is 2.30. The van der Waals surface area contributed by atoms with Crippen LogP contribution < -0.4 is 10.1 Å². The van der Waals surface area contributed by atoms with Crippen molar-refractivity contribution < 1.29 is 9.53 Å². The number of nitrogens with one attached hydrogen (secondary N) is 1. The highest BCUT2D eigenvalue weighted by atomic mass is 79.9. The first-order valence-corrected chi connectivity index (χ1v) is 8.54. The van der Waals surface area contributed by atoms with Crippen molar-refractivity contribution in [2.75, 3.05) is 12.4 Å². The molecule has 0 heterocycles. The van der Waals surface area contributed by atoms with Gasteiger partial charge in [0.25, 0.3) is 0 Å². The molecule has 0 saturated heterocycles. The van der Waals surface area contributed by atoms with Crippen molar-refractivity contribution >= 4 is 49.9 Å². The van der Waals surface area contributed by atoms with Crippen LogP contribution in [-0.2, 0) is 11.2 Å². The highest BCUT2D eigenvalue weighted by molar-refractivity contribution is 9.10. The number of methoxy groups -OCH3 is 1. The summed E-state index contributed by atoms with van der Waals surface area (Å²) in [4.78, 5) is 12.5. The zero-order valence-electron chi connectivity index (χ0n) is 13.0. The molecule has 5 heteroatoms. The minimum Gasteiger partial charge on any atom is -0.496 e. The molecule has 0 fully saturated rings. The van der Waals surface area contributed by atoms with Gasteiger partial charge in [-0.1, -0.05) is 45.7 Å². The zero-order chi connectivity index (χ0) is 17.1. The smallest absolute Gasteiger partial charge is 0.228 e. The lowest BCUT2D eigenvalue weighted by atomic mass is 10.0. The lowest BCUT2D eigenvalue weighted by molar-refractivity contribution is -0.115. The predicted molar refractivity (Wildman–Crippen MR) is 102 cm³/mol. The zero-order valence-corrected chi connectivity index (χ0v) is 15.3. The Morgan fingerprint density at radius 2 is 2.00 bits per heavy atom. The first-order chi connectivity index (χ1) is 11.6. The number of benzene rings is 3. The van der Waals surface area contributed by atoms with Crippen LogP contribution in [0, 0.1) is 0 Å². The summed E-state index contributed by atoms with van der Waals surface area (Å²) >= 11 is 9.42. The number of hydrogen-bond acceptors (Lipinski definition) is 2. The van der Waals surface area contributed by atoms with Crippen LogP contribution >= 0.6 is 27.5 Å². The lowest BCUT2D eigenvalue weighted by Crippen LogP contribution is -2.15. The molecule has 1 N–H and O–H groups in total. The van der Waals surface area contributed by atoms with Gasteiger partial charge in [0, 0.05) is 20.7 Å². The summed E-state index contributed by atoms with van der Waals surface area (Å²) < 4.78 is 6.44. The fraction of sp³-hybridized carbons (Fsp3) is 0.105. The van der Waals surface area contributed by atoms with Gasteiger partial charge < -0.3 is 10.1 Å². The molecule has 3 aromatic carbocycles. The SMILES string of the molecule is COc1ccc2cc(Br)ccc2c1CC(=O)Nc1cccc(Cl)c1. The molecule has 0 radical (unpaired) electrons. The number of ether oxygens (including phenoxy) is 1. The van der Waals surface area contributed by atoms with Crippen molar-refractivity contribution in [3.8, 4) is 5.75 Å². The highest BCUT2D eigenvalue weighted by Gasteiger charge is 2.13. The summed E-state index contributed by atoms with van der Waals surface area (Å²) in [5, 5.41) is 5.50. The molecule has 0 aromatic heterocycles. The van der Waals surface area contributed by atoms with E-state index in [4.69, 9.17) is 16.3 Å². The summed E-state index contributed by atoms with van der Waals surface area (Å²) in [5.41, 5.74) is 1.54. The second kappa shape index (κ2) is 7.24. The Hall–Kier alpha value is -2.04. The summed E-state index contributed by atoms with van der Waals surface area (Å²) in [6, 6.07) is 16.9. The van der Waals surface area contributed by atoms with Crippen LogP contribution in [0.2, 0.25) is 5.02 Å². The number of hydrogen-bond donors (Lipinski definition) is 1. The Morgan fingerprint density at radius 1 is 1.17 bits per heavy atom. The second-order valence-electron chi connectivity index (χ2n) is 5.35. The quantitative estimate of drug-likeness (QED) is 0.628.